The third-order valence-corrected chi connectivity index (χ3v) is 3.43. The normalized spacial score (nSPS) is 10.9. The summed E-state index contributed by atoms with van der Waals surface area (Å²) in [6.45, 7) is 1.67. The van der Waals surface area contributed by atoms with Crippen LogP contribution in [0.5, 0.6) is 5.75 Å². The van der Waals surface area contributed by atoms with Gasteiger partial charge in [-0.2, -0.15) is 9.90 Å². The lowest BCUT2D eigenvalue weighted by Crippen LogP contribution is -2.24. The second kappa shape index (κ2) is 7.35. The highest BCUT2D eigenvalue weighted by Crippen LogP contribution is 2.19. The summed E-state index contributed by atoms with van der Waals surface area (Å²) in [4.78, 5) is 13.1. The molecule has 0 fully saturated rings. The SMILES string of the molecule is Cc1cccc(/C=N/NC(=O)Cn2nnc(-c3ccccc3)n2)c1O. The summed E-state index contributed by atoms with van der Waals surface area (Å²) in [5.74, 6) is 0.174. The zero-order chi connectivity index (χ0) is 17.6. The fourth-order valence-electron chi connectivity index (χ4n) is 2.14. The van der Waals surface area contributed by atoms with Gasteiger partial charge in [-0.05, 0) is 23.8 Å². The number of nitrogens with one attached hydrogen (secondary N) is 1. The van der Waals surface area contributed by atoms with Gasteiger partial charge in [-0.3, -0.25) is 4.79 Å². The van der Waals surface area contributed by atoms with E-state index >= 15 is 0 Å². The second-order valence-corrected chi connectivity index (χ2v) is 5.32. The highest BCUT2D eigenvalue weighted by atomic mass is 16.3. The van der Waals surface area contributed by atoms with E-state index in [1.54, 1.807) is 25.1 Å². The Balaban J connectivity index is 1.59. The number of hydrogen-bond donors (Lipinski definition) is 2. The van der Waals surface area contributed by atoms with Crippen LogP contribution in [0.1, 0.15) is 11.1 Å². The maximum absolute atomic E-state index is 11.9. The number of tetrazole rings is 1. The predicted molar refractivity (Wildman–Crippen MR) is 91.8 cm³/mol. The molecule has 8 nitrogen and oxygen atoms in total. The maximum Gasteiger partial charge on any atom is 0.263 e. The molecule has 0 bridgehead atoms. The minimum atomic E-state index is -0.402. The van der Waals surface area contributed by atoms with Gasteiger partial charge in [0.15, 0.2) is 0 Å². The molecule has 0 saturated heterocycles. The van der Waals surface area contributed by atoms with Crippen LogP contribution in [-0.2, 0) is 11.3 Å². The first kappa shape index (κ1) is 16.3. The predicted octanol–water partition coefficient (Wildman–Crippen LogP) is 1.50. The van der Waals surface area contributed by atoms with Gasteiger partial charge in [0.05, 0.1) is 6.21 Å². The van der Waals surface area contributed by atoms with E-state index in [4.69, 9.17) is 0 Å². The maximum atomic E-state index is 11.9. The lowest BCUT2D eigenvalue weighted by atomic mass is 10.1. The van der Waals surface area contributed by atoms with Crippen LogP contribution in [0.2, 0.25) is 0 Å². The summed E-state index contributed by atoms with van der Waals surface area (Å²) < 4.78 is 0. The van der Waals surface area contributed by atoms with Gasteiger partial charge in [0.25, 0.3) is 5.91 Å². The summed E-state index contributed by atoms with van der Waals surface area (Å²) >= 11 is 0. The second-order valence-electron chi connectivity index (χ2n) is 5.32. The first-order valence-corrected chi connectivity index (χ1v) is 7.57. The Morgan fingerprint density at radius 2 is 2.04 bits per heavy atom. The molecule has 25 heavy (non-hydrogen) atoms. The number of carbonyl (C=O) groups is 1. The van der Waals surface area contributed by atoms with Gasteiger partial charge in [0.2, 0.25) is 5.82 Å². The Hall–Kier alpha value is -3.55. The van der Waals surface area contributed by atoms with E-state index < -0.39 is 5.91 Å². The molecular formula is C17H16N6O2. The van der Waals surface area contributed by atoms with Gasteiger partial charge in [0, 0.05) is 11.1 Å². The van der Waals surface area contributed by atoms with Crippen molar-refractivity contribution in [3.05, 3.63) is 59.7 Å². The number of hydrazone groups is 1. The van der Waals surface area contributed by atoms with Gasteiger partial charge in [-0.1, -0.05) is 42.5 Å². The third-order valence-electron chi connectivity index (χ3n) is 3.43. The standard InChI is InChI=1S/C17H16N6O2/c1-12-6-5-9-14(16(12)25)10-18-19-15(24)11-23-21-17(20-22-23)13-7-3-2-4-8-13/h2-10,25H,11H2,1H3,(H,19,24)/b18-10+. The molecule has 1 amide bonds. The molecule has 1 heterocycles. The van der Waals surface area contributed by atoms with Gasteiger partial charge < -0.3 is 5.11 Å². The summed E-state index contributed by atoms with van der Waals surface area (Å²) in [7, 11) is 0. The smallest absolute Gasteiger partial charge is 0.263 e. The molecule has 2 N–H and O–H groups in total. The molecule has 1 aromatic heterocycles. The van der Waals surface area contributed by atoms with Crippen LogP contribution in [0.4, 0.5) is 0 Å². The number of nitrogens with zero attached hydrogens (tertiary/aromatic N) is 5. The third kappa shape index (κ3) is 4.05. The van der Waals surface area contributed by atoms with E-state index in [2.05, 4.69) is 25.9 Å². The lowest BCUT2D eigenvalue weighted by molar-refractivity contribution is -0.122. The average Bonchev–Trinajstić information content (AvgIpc) is 3.08. The molecular weight excluding hydrogens is 320 g/mol. The van der Waals surface area contributed by atoms with E-state index in [0.29, 0.717) is 11.4 Å². The number of para-hydroxylation sites is 1. The van der Waals surface area contributed by atoms with Crippen LogP contribution in [0.3, 0.4) is 0 Å². The molecule has 3 aromatic rings. The molecule has 0 aliphatic heterocycles. The van der Waals surface area contributed by atoms with Gasteiger partial charge in [-0.25, -0.2) is 5.43 Å². The van der Waals surface area contributed by atoms with Crippen molar-refractivity contribution in [3.63, 3.8) is 0 Å². The van der Waals surface area contributed by atoms with E-state index in [9.17, 15) is 9.90 Å². The minimum absolute atomic E-state index is 0.114. The fourth-order valence-corrected chi connectivity index (χ4v) is 2.14. The molecule has 0 unspecified atom stereocenters. The molecule has 126 valence electrons. The quantitative estimate of drug-likeness (QED) is 0.543. The lowest BCUT2D eigenvalue weighted by Gasteiger charge is -2.02. The molecule has 0 radical (unpaired) electrons. The number of phenolic OH excluding ortho intramolecular Hbond substituents is 1. The monoisotopic (exact) mass is 336 g/mol. The largest absolute Gasteiger partial charge is 0.507 e. The van der Waals surface area contributed by atoms with Crippen LogP contribution >= 0.6 is 0 Å². The summed E-state index contributed by atoms with van der Waals surface area (Å²) in [6, 6.07) is 14.6. The first-order valence-electron chi connectivity index (χ1n) is 7.57. The van der Waals surface area contributed by atoms with Crippen LogP contribution in [0.25, 0.3) is 11.4 Å². The van der Waals surface area contributed by atoms with Gasteiger partial charge in [-0.15, -0.1) is 10.2 Å². The zero-order valence-corrected chi connectivity index (χ0v) is 13.5. The van der Waals surface area contributed by atoms with E-state index in [1.807, 2.05) is 30.3 Å². The highest BCUT2D eigenvalue weighted by Gasteiger charge is 2.08. The van der Waals surface area contributed by atoms with Crippen molar-refractivity contribution in [2.45, 2.75) is 13.5 Å². The molecule has 0 aliphatic carbocycles. The van der Waals surface area contributed by atoms with Crippen molar-refractivity contribution in [1.82, 2.24) is 25.6 Å². The number of phenols is 1. The van der Waals surface area contributed by atoms with Crippen LogP contribution in [-0.4, -0.2) is 37.4 Å². The van der Waals surface area contributed by atoms with Crippen molar-refractivity contribution in [2.75, 3.05) is 0 Å². The Labute approximate surface area is 143 Å². The van der Waals surface area contributed by atoms with Crippen molar-refractivity contribution in [2.24, 2.45) is 5.10 Å². The Morgan fingerprint density at radius 1 is 1.24 bits per heavy atom. The average molecular weight is 336 g/mol. The number of benzene rings is 2. The Bertz CT molecular complexity index is 905. The molecule has 0 atom stereocenters. The number of aromatic hydroxyl groups is 1. The Morgan fingerprint density at radius 3 is 2.84 bits per heavy atom. The van der Waals surface area contributed by atoms with Gasteiger partial charge >= 0.3 is 0 Å². The minimum Gasteiger partial charge on any atom is -0.507 e. The Kier molecular flexibility index (Phi) is 4.79. The fraction of sp³-hybridized carbons (Fsp3) is 0.118. The topological polar surface area (TPSA) is 105 Å². The molecule has 8 heteroatoms. The highest BCUT2D eigenvalue weighted by molar-refractivity contribution is 5.85. The first-order chi connectivity index (χ1) is 12.1. The molecule has 0 aliphatic rings. The summed E-state index contributed by atoms with van der Waals surface area (Å²) in [5, 5.41) is 25.6. The molecule has 3 rings (SSSR count). The molecule has 2 aromatic carbocycles. The molecule has 0 spiro atoms. The summed E-state index contributed by atoms with van der Waals surface area (Å²) in [6.07, 6.45) is 1.38. The molecule has 0 saturated carbocycles. The van der Waals surface area contributed by atoms with Crippen molar-refractivity contribution < 1.29 is 9.90 Å². The van der Waals surface area contributed by atoms with Crippen LogP contribution in [0, 0.1) is 6.92 Å². The van der Waals surface area contributed by atoms with Crippen LogP contribution in [0.15, 0.2) is 53.6 Å². The zero-order valence-electron chi connectivity index (χ0n) is 13.5. The van der Waals surface area contributed by atoms with Crippen molar-refractivity contribution >= 4 is 12.1 Å². The number of hydrogen-bond acceptors (Lipinski definition) is 6. The van der Waals surface area contributed by atoms with Crippen molar-refractivity contribution in [1.29, 1.82) is 0 Å². The number of carbonyl (C=O) groups excluding carboxylic acids is 1. The van der Waals surface area contributed by atoms with E-state index in [-0.39, 0.29) is 12.3 Å². The number of aromatic nitrogens is 4. The van der Waals surface area contributed by atoms with E-state index in [0.717, 1.165) is 11.1 Å². The number of amides is 1. The summed E-state index contributed by atoms with van der Waals surface area (Å²) in [5.41, 5.74) is 4.44. The van der Waals surface area contributed by atoms with Gasteiger partial charge in [0.1, 0.15) is 12.3 Å². The van der Waals surface area contributed by atoms with E-state index in [1.165, 1.54) is 11.0 Å². The number of aryl methyl sites for hydroxylation is 1. The number of rotatable bonds is 5. The van der Waals surface area contributed by atoms with Crippen molar-refractivity contribution in [3.8, 4) is 17.1 Å². The van der Waals surface area contributed by atoms with Crippen LogP contribution < -0.4 is 5.43 Å².